The highest BCUT2D eigenvalue weighted by Crippen LogP contribution is 2.23. The van der Waals surface area contributed by atoms with Crippen LogP contribution in [0.3, 0.4) is 0 Å². The van der Waals surface area contributed by atoms with Crippen molar-refractivity contribution >= 4 is 28.3 Å². The molecule has 0 aliphatic rings. The van der Waals surface area contributed by atoms with Gasteiger partial charge in [-0.3, -0.25) is 4.79 Å². The summed E-state index contributed by atoms with van der Waals surface area (Å²) in [5.74, 6) is -0.245. The number of nitriles is 1. The molecule has 1 N–H and O–H groups in total. The highest BCUT2D eigenvalue weighted by Gasteiger charge is 2.11. The van der Waals surface area contributed by atoms with Crippen LogP contribution in [0.4, 0.5) is 0 Å². The molecule has 0 radical (unpaired) electrons. The monoisotopic (exact) mass is 259 g/mol. The summed E-state index contributed by atoms with van der Waals surface area (Å²) >= 11 is 5.97. The normalized spacial score (nSPS) is 10.0. The van der Waals surface area contributed by atoms with Crippen molar-refractivity contribution in [2.24, 2.45) is 0 Å². The molecule has 1 aromatic heterocycles. The predicted octanol–water partition coefficient (Wildman–Crippen LogP) is 2.53. The maximum atomic E-state index is 11.9. The molecular weight excluding hydrogens is 250 g/mol. The lowest BCUT2D eigenvalue weighted by Gasteiger charge is -2.07. The van der Waals surface area contributed by atoms with Crippen molar-refractivity contribution in [2.75, 3.05) is 6.54 Å². The maximum absolute atomic E-state index is 11.9. The summed E-state index contributed by atoms with van der Waals surface area (Å²) in [5.41, 5.74) is 0.466. The van der Waals surface area contributed by atoms with Gasteiger partial charge in [0, 0.05) is 18.1 Å². The van der Waals surface area contributed by atoms with Crippen LogP contribution in [0.5, 0.6) is 0 Å². The van der Waals surface area contributed by atoms with Gasteiger partial charge in [0.2, 0.25) is 0 Å². The van der Waals surface area contributed by atoms with Crippen LogP contribution in [0.1, 0.15) is 16.8 Å². The van der Waals surface area contributed by atoms with Gasteiger partial charge < -0.3 is 5.32 Å². The van der Waals surface area contributed by atoms with E-state index >= 15 is 0 Å². The molecule has 2 rings (SSSR count). The van der Waals surface area contributed by atoms with Gasteiger partial charge in [0.1, 0.15) is 5.15 Å². The van der Waals surface area contributed by atoms with E-state index in [0.717, 1.165) is 10.8 Å². The van der Waals surface area contributed by atoms with Crippen LogP contribution >= 0.6 is 11.6 Å². The van der Waals surface area contributed by atoms with Crippen molar-refractivity contribution < 1.29 is 4.79 Å². The summed E-state index contributed by atoms with van der Waals surface area (Å²) < 4.78 is 0. The van der Waals surface area contributed by atoms with Crippen molar-refractivity contribution in [1.29, 1.82) is 5.26 Å². The van der Waals surface area contributed by atoms with Gasteiger partial charge in [-0.1, -0.05) is 35.9 Å². The predicted molar refractivity (Wildman–Crippen MR) is 69.3 cm³/mol. The molecule has 4 nitrogen and oxygen atoms in total. The lowest BCUT2D eigenvalue weighted by atomic mass is 10.1. The lowest BCUT2D eigenvalue weighted by molar-refractivity contribution is 0.0956. The minimum Gasteiger partial charge on any atom is -0.351 e. The fourth-order valence-electron chi connectivity index (χ4n) is 1.67. The Balaban J connectivity index is 2.37. The first-order valence-corrected chi connectivity index (χ1v) is 5.80. The second kappa shape index (κ2) is 5.48. The van der Waals surface area contributed by atoms with Crippen LogP contribution < -0.4 is 5.32 Å². The number of aromatic nitrogens is 1. The van der Waals surface area contributed by atoms with Crippen molar-refractivity contribution in [3.8, 4) is 6.07 Å². The molecule has 1 heterocycles. The fourth-order valence-corrected chi connectivity index (χ4v) is 1.88. The van der Waals surface area contributed by atoms with E-state index in [1.807, 2.05) is 30.3 Å². The first kappa shape index (κ1) is 12.3. The summed E-state index contributed by atoms with van der Waals surface area (Å²) in [6, 6.07) is 9.29. The van der Waals surface area contributed by atoms with Gasteiger partial charge in [-0.05, 0) is 5.39 Å². The number of hydrogen-bond acceptors (Lipinski definition) is 3. The van der Waals surface area contributed by atoms with E-state index in [4.69, 9.17) is 16.9 Å². The van der Waals surface area contributed by atoms with Gasteiger partial charge >= 0.3 is 0 Å². The highest BCUT2D eigenvalue weighted by atomic mass is 35.5. The molecule has 0 saturated heterocycles. The number of carbonyl (C=O) groups is 1. The minimum atomic E-state index is -0.245. The zero-order valence-corrected chi connectivity index (χ0v) is 10.2. The van der Waals surface area contributed by atoms with E-state index < -0.39 is 0 Å². The number of carbonyl (C=O) groups excluding carboxylic acids is 1. The molecule has 0 aliphatic carbocycles. The second-order valence-corrected chi connectivity index (χ2v) is 4.03. The Bertz CT molecular complexity index is 634. The Morgan fingerprint density at radius 1 is 1.39 bits per heavy atom. The first-order chi connectivity index (χ1) is 8.74. The number of amides is 1. The molecular formula is C13H10ClN3O. The minimum absolute atomic E-state index is 0.245. The number of benzene rings is 1. The van der Waals surface area contributed by atoms with Crippen LogP contribution in [0, 0.1) is 11.3 Å². The smallest absolute Gasteiger partial charge is 0.253 e. The van der Waals surface area contributed by atoms with Crippen molar-refractivity contribution in [2.45, 2.75) is 6.42 Å². The largest absolute Gasteiger partial charge is 0.351 e. The van der Waals surface area contributed by atoms with Gasteiger partial charge in [0.15, 0.2) is 0 Å². The molecule has 0 unspecified atom stereocenters. The molecule has 2 aromatic rings. The molecule has 90 valence electrons. The molecule has 0 aliphatic heterocycles. The molecule has 0 fully saturated rings. The molecule has 0 bridgehead atoms. The zero-order valence-electron chi connectivity index (χ0n) is 9.48. The lowest BCUT2D eigenvalue weighted by Crippen LogP contribution is -2.24. The van der Waals surface area contributed by atoms with Crippen molar-refractivity contribution in [3.63, 3.8) is 0 Å². The third-order valence-electron chi connectivity index (χ3n) is 2.51. The van der Waals surface area contributed by atoms with Gasteiger partial charge in [0.25, 0.3) is 5.91 Å². The van der Waals surface area contributed by atoms with E-state index in [1.54, 1.807) is 0 Å². The van der Waals surface area contributed by atoms with Gasteiger partial charge in [-0.25, -0.2) is 4.98 Å². The number of fused-ring (bicyclic) bond motifs is 1. The van der Waals surface area contributed by atoms with Crippen LogP contribution in [-0.2, 0) is 0 Å². The molecule has 18 heavy (non-hydrogen) atoms. The summed E-state index contributed by atoms with van der Waals surface area (Å²) in [6.07, 6.45) is 1.73. The molecule has 5 heteroatoms. The molecule has 1 amide bonds. The van der Waals surface area contributed by atoms with E-state index in [9.17, 15) is 4.79 Å². The quantitative estimate of drug-likeness (QED) is 0.680. The Hall–Kier alpha value is -2.12. The SMILES string of the molecule is N#CCCNC(=O)c1cnc(Cl)c2ccccc12. The highest BCUT2D eigenvalue weighted by molar-refractivity contribution is 6.34. The van der Waals surface area contributed by atoms with Gasteiger partial charge in [0.05, 0.1) is 18.1 Å². The fraction of sp³-hybridized carbons (Fsp3) is 0.154. The summed E-state index contributed by atoms with van der Waals surface area (Å²) in [7, 11) is 0. The molecule has 1 aromatic carbocycles. The van der Waals surface area contributed by atoms with E-state index in [1.165, 1.54) is 6.20 Å². The second-order valence-electron chi connectivity index (χ2n) is 3.67. The summed E-state index contributed by atoms with van der Waals surface area (Å²) in [4.78, 5) is 15.9. The Kier molecular flexibility index (Phi) is 3.75. The Morgan fingerprint density at radius 2 is 2.11 bits per heavy atom. The van der Waals surface area contributed by atoms with Gasteiger partial charge in [-0.2, -0.15) is 5.26 Å². The van der Waals surface area contributed by atoms with Crippen LogP contribution in [0.25, 0.3) is 10.8 Å². The zero-order chi connectivity index (χ0) is 13.0. The van der Waals surface area contributed by atoms with Crippen molar-refractivity contribution in [3.05, 3.63) is 41.2 Å². The first-order valence-electron chi connectivity index (χ1n) is 5.42. The number of hydrogen-bond donors (Lipinski definition) is 1. The molecule has 0 spiro atoms. The molecule has 0 atom stereocenters. The number of nitrogens with zero attached hydrogens (tertiary/aromatic N) is 2. The number of halogens is 1. The average Bonchev–Trinajstić information content (AvgIpc) is 2.39. The number of pyridine rings is 1. The molecule has 0 saturated carbocycles. The number of nitrogens with one attached hydrogen (secondary N) is 1. The van der Waals surface area contributed by atoms with Crippen LogP contribution in [0.2, 0.25) is 5.15 Å². The van der Waals surface area contributed by atoms with E-state index in [0.29, 0.717) is 17.3 Å². The Morgan fingerprint density at radius 3 is 2.83 bits per heavy atom. The van der Waals surface area contributed by atoms with E-state index in [2.05, 4.69) is 10.3 Å². The van der Waals surface area contributed by atoms with Crippen LogP contribution in [0.15, 0.2) is 30.5 Å². The topological polar surface area (TPSA) is 65.8 Å². The van der Waals surface area contributed by atoms with Gasteiger partial charge in [-0.15, -0.1) is 0 Å². The maximum Gasteiger partial charge on any atom is 0.253 e. The van der Waals surface area contributed by atoms with E-state index in [-0.39, 0.29) is 12.3 Å². The average molecular weight is 260 g/mol. The standard InChI is InChI=1S/C13H10ClN3O/c14-12-10-5-2-1-4-9(10)11(8-17-12)13(18)16-7-3-6-15/h1-2,4-5,8H,3,7H2,(H,16,18). The number of rotatable bonds is 3. The van der Waals surface area contributed by atoms with Crippen molar-refractivity contribution in [1.82, 2.24) is 10.3 Å². The Labute approximate surface area is 109 Å². The van der Waals surface area contributed by atoms with Crippen LogP contribution in [-0.4, -0.2) is 17.4 Å². The third kappa shape index (κ3) is 2.41. The third-order valence-corrected chi connectivity index (χ3v) is 2.81. The summed E-state index contributed by atoms with van der Waals surface area (Å²) in [6.45, 7) is 0.326. The summed E-state index contributed by atoms with van der Waals surface area (Å²) in [5, 5.41) is 13.0.